The molecule has 1 aromatic carbocycles. The fourth-order valence-electron chi connectivity index (χ4n) is 3.47. The van der Waals surface area contributed by atoms with Crippen LogP contribution in [-0.4, -0.2) is 45.3 Å². The number of benzene rings is 1. The zero-order valence-electron chi connectivity index (χ0n) is 14.4. The monoisotopic (exact) mass is 367 g/mol. The summed E-state index contributed by atoms with van der Waals surface area (Å²) in [5, 5.41) is 12.6. The second-order valence-corrected chi connectivity index (χ2v) is 7.42. The van der Waals surface area contributed by atoms with Gasteiger partial charge in [0.2, 0.25) is 0 Å². The van der Waals surface area contributed by atoms with Gasteiger partial charge in [-0.3, -0.25) is 19.7 Å². The number of thiophene rings is 1. The lowest BCUT2D eigenvalue weighted by atomic mass is 10.0. The Balaban J connectivity index is 1.45. The summed E-state index contributed by atoms with van der Waals surface area (Å²) in [6.07, 6.45) is 3.55. The maximum absolute atomic E-state index is 13.0. The van der Waals surface area contributed by atoms with Crippen LogP contribution in [0.5, 0.6) is 0 Å². The van der Waals surface area contributed by atoms with Gasteiger partial charge in [0.25, 0.3) is 5.91 Å². The van der Waals surface area contributed by atoms with Crippen molar-refractivity contribution in [2.24, 2.45) is 0 Å². The Morgan fingerprint density at radius 2 is 2.00 bits per heavy atom. The van der Waals surface area contributed by atoms with Crippen molar-refractivity contribution in [3.8, 4) is 0 Å². The molecule has 6 nitrogen and oxygen atoms in total. The average Bonchev–Trinajstić information content (AvgIpc) is 3.38. The molecule has 7 heteroatoms. The third-order valence-corrected chi connectivity index (χ3v) is 5.63. The Morgan fingerprint density at radius 1 is 1.19 bits per heavy atom. The Labute approximate surface area is 156 Å². The van der Waals surface area contributed by atoms with Crippen LogP contribution in [0.15, 0.2) is 54.0 Å². The molecule has 3 aromatic rings. The number of anilines is 1. The molecule has 1 fully saturated rings. The molecule has 0 saturated carbocycles. The molecule has 1 saturated heterocycles. The van der Waals surface area contributed by atoms with Crippen molar-refractivity contribution >= 4 is 23.1 Å². The smallest absolute Gasteiger partial charge is 0.269 e. The molecule has 134 valence electrons. The van der Waals surface area contributed by atoms with Crippen LogP contribution in [-0.2, 0) is 6.54 Å². The molecule has 4 rings (SSSR count). The van der Waals surface area contributed by atoms with E-state index in [0.717, 1.165) is 37.4 Å². The van der Waals surface area contributed by atoms with E-state index >= 15 is 0 Å². The predicted molar refractivity (Wildman–Crippen MR) is 102 cm³/mol. The van der Waals surface area contributed by atoms with Crippen molar-refractivity contribution in [1.29, 1.82) is 0 Å². The molecule has 0 spiro atoms. The third-order valence-electron chi connectivity index (χ3n) is 4.77. The number of H-pyrrole nitrogens is 1. The van der Waals surface area contributed by atoms with Crippen LogP contribution in [0.4, 0.5) is 5.82 Å². The number of nitrogens with one attached hydrogen (secondary N) is 1. The topological polar surface area (TPSA) is 65.1 Å². The number of nitrogens with zero attached hydrogens (tertiary/aromatic N) is 4. The number of piperidine rings is 1. The number of hydrogen-bond donors (Lipinski definition) is 1. The minimum absolute atomic E-state index is 0.00964. The normalized spacial score (nSPS) is 15.8. The zero-order valence-corrected chi connectivity index (χ0v) is 15.2. The summed E-state index contributed by atoms with van der Waals surface area (Å²) in [6.45, 7) is 2.88. The second-order valence-electron chi connectivity index (χ2n) is 6.48. The van der Waals surface area contributed by atoms with Gasteiger partial charge in [0.05, 0.1) is 11.1 Å². The van der Waals surface area contributed by atoms with Gasteiger partial charge in [-0.25, -0.2) is 0 Å². The minimum atomic E-state index is 0.00964. The number of aromatic amines is 1. The van der Waals surface area contributed by atoms with Crippen LogP contribution in [0.1, 0.15) is 28.1 Å². The van der Waals surface area contributed by atoms with E-state index in [0.29, 0.717) is 5.82 Å². The predicted octanol–water partition coefficient (Wildman–Crippen LogP) is 3.18. The molecule has 0 bridgehead atoms. The fraction of sp³-hybridized carbons (Fsp3) is 0.316. The molecule has 0 atom stereocenters. The van der Waals surface area contributed by atoms with Crippen LogP contribution in [0.2, 0.25) is 0 Å². The molecule has 1 amide bonds. The van der Waals surface area contributed by atoms with Gasteiger partial charge >= 0.3 is 0 Å². The van der Waals surface area contributed by atoms with Crippen molar-refractivity contribution in [2.75, 3.05) is 18.0 Å². The number of rotatable bonds is 5. The molecule has 1 aliphatic rings. The first-order valence-electron chi connectivity index (χ1n) is 8.81. The van der Waals surface area contributed by atoms with Gasteiger partial charge in [-0.05, 0) is 29.9 Å². The summed E-state index contributed by atoms with van der Waals surface area (Å²) in [7, 11) is 0. The van der Waals surface area contributed by atoms with Crippen LogP contribution in [0.25, 0.3) is 0 Å². The number of carbonyl (C=O) groups excluding carboxylic acids is 1. The van der Waals surface area contributed by atoms with Crippen LogP contribution < -0.4 is 4.90 Å². The molecule has 3 heterocycles. The number of carbonyl (C=O) groups is 1. The molecule has 0 unspecified atom stereocenters. The van der Waals surface area contributed by atoms with Gasteiger partial charge in [0.15, 0.2) is 5.82 Å². The molecular formula is C19H21N5OS. The van der Waals surface area contributed by atoms with Gasteiger partial charge in [0.1, 0.15) is 0 Å². The van der Waals surface area contributed by atoms with Crippen LogP contribution in [0, 0.1) is 0 Å². The van der Waals surface area contributed by atoms with Crippen molar-refractivity contribution in [3.63, 3.8) is 0 Å². The SMILES string of the molecule is O=C(c1cccs1)N(c1c[nH]nn1)C1CCN(Cc2ccccc2)CC1. The molecule has 0 aliphatic carbocycles. The van der Waals surface area contributed by atoms with E-state index < -0.39 is 0 Å². The van der Waals surface area contributed by atoms with E-state index in [9.17, 15) is 4.79 Å². The van der Waals surface area contributed by atoms with Crippen molar-refractivity contribution < 1.29 is 4.79 Å². The van der Waals surface area contributed by atoms with Crippen molar-refractivity contribution in [1.82, 2.24) is 20.3 Å². The highest BCUT2D eigenvalue weighted by molar-refractivity contribution is 7.12. The molecule has 0 radical (unpaired) electrons. The van der Waals surface area contributed by atoms with Gasteiger partial charge in [-0.1, -0.05) is 41.6 Å². The standard InChI is InChI=1S/C19H21N5OS/c25-19(17-7-4-12-26-17)24(18-13-20-22-21-18)16-8-10-23(11-9-16)14-15-5-2-1-3-6-15/h1-7,12-13,16H,8-11,14H2,(H,20,21,22). The largest absolute Gasteiger partial charge is 0.299 e. The minimum Gasteiger partial charge on any atom is -0.299 e. The quantitative estimate of drug-likeness (QED) is 0.752. The van der Waals surface area contributed by atoms with E-state index in [-0.39, 0.29) is 11.9 Å². The molecule has 26 heavy (non-hydrogen) atoms. The van der Waals surface area contributed by atoms with E-state index in [1.54, 1.807) is 6.20 Å². The lowest BCUT2D eigenvalue weighted by molar-refractivity contribution is 0.0961. The Hall–Kier alpha value is -2.51. The first-order valence-corrected chi connectivity index (χ1v) is 9.69. The van der Waals surface area contributed by atoms with Gasteiger partial charge in [-0.15, -0.1) is 16.4 Å². The van der Waals surface area contributed by atoms with Crippen LogP contribution >= 0.6 is 11.3 Å². The first-order chi connectivity index (χ1) is 12.8. The van der Waals surface area contributed by atoms with E-state index in [1.165, 1.54) is 16.9 Å². The highest BCUT2D eigenvalue weighted by Gasteiger charge is 2.31. The number of amides is 1. The van der Waals surface area contributed by atoms with Gasteiger partial charge in [0, 0.05) is 25.7 Å². The maximum Gasteiger partial charge on any atom is 0.269 e. The van der Waals surface area contributed by atoms with Gasteiger partial charge < -0.3 is 0 Å². The number of hydrogen-bond acceptors (Lipinski definition) is 5. The highest BCUT2D eigenvalue weighted by Crippen LogP contribution is 2.25. The lowest BCUT2D eigenvalue weighted by Gasteiger charge is -2.37. The Bertz CT molecular complexity index is 811. The Morgan fingerprint density at radius 3 is 2.65 bits per heavy atom. The average molecular weight is 367 g/mol. The highest BCUT2D eigenvalue weighted by atomic mass is 32.1. The summed E-state index contributed by atoms with van der Waals surface area (Å²) >= 11 is 1.46. The first kappa shape index (κ1) is 16.9. The van der Waals surface area contributed by atoms with Crippen molar-refractivity contribution in [3.05, 3.63) is 64.5 Å². The Kier molecular flexibility index (Phi) is 5.08. The summed E-state index contributed by atoms with van der Waals surface area (Å²) in [5.74, 6) is 0.611. The number of likely N-dealkylation sites (tertiary alicyclic amines) is 1. The fourth-order valence-corrected chi connectivity index (χ4v) is 4.13. The van der Waals surface area contributed by atoms with E-state index in [4.69, 9.17) is 0 Å². The third kappa shape index (κ3) is 3.68. The molecule has 1 aliphatic heterocycles. The summed E-state index contributed by atoms with van der Waals surface area (Å²) in [6, 6.07) is 14.4. The molecule has 1 N–H and O–H groups in total. The van der Waals surface area contributed by atoms with Crippen LogP contribution in [0.3, 0.4) is 0 Å². The molecule has 2 aromatic heterocycles. The van der Waals surface area contributed by atoms with Crippen molar-refractivity contribution in [2.45, 2.75) is 25.4 Å². The maximum atomic E-state index is 13.0. The van der Waals surface area contributed by atoms with Gasteiger partial charge in [-0.2, -0.15) is 0 Å². The summed E-state index contributed by atoms with van der Waals surface area (Å²) in [5.41, 5.74) is 1.33. The number of aromatic nitrogens is 3. The molecular weight excluding hydrogens is 346 g/mol. The van der Waals surface area contributed by atoms with E-state index in [2.05, 4.69) is 44.6 Å². The van der Waals surface area contributed by atoms with E-state index in [1.807, 2.05) is 28.5 Å². The zero-order chi connectivity index (χ0) is 17.8. The second kappa shape index (κ2) is 7.80. The summed E-state index contributed by atoms with van der Waals surface area (Å²) in [4.78, 5) is 18.0. The summed E-state index contributed by atoms with van der Waals surface area (Å²) < 4.78 is 0. The lowest BCUT2D eigenvalue weighted by Crippen LogP contribution is -2.47.